The first-order valence-electron chi connectivity index (χ1n) is 6.62. The van der Waals surface area contributed by atoms with E-state index in [0.717, 1.165) is 5.39 Å². The van der Waals surface area contributed by atoms with Crippen molar-refractivity contribution in [1.29, 1.82) is 0 Å². The normalized spacial score (nSPS) is 15.1. The van der Waals surface area contributed by atoms with Crippen LogP contribution in [0.3, 0.4) is 0 Å². The second-order valence-corrected chi connectivity index (χ2v) is 5.55. The molecule has 2 aromatic rings. The van der Waals surface area contributed by atoms with Crippen LogP contribution in [0.2, 0.25) is 5.02 Å². The summed E-state index contributed by atoms with van der Waals surface area (Å²) < 4.78 is 39.3. The quantitative estimate of drug-likeness (QED) is 0.883. The van der Waals surface area contributed by atoms with E-state index >= 15 is 0 Å². The number of rotatable bonds is 4. The SMILES string of the molecule is CC[C@](C)(NCc1ccc(Cl)c2cccnc12)C(F)(F)F. The third kappa shape index (κ3) is 3.14. The fraction of sp³-hybridized carbons (Fsp3) is 0.400. The molecule has 2 nitrogen and oxygen atoms in total. The van der Waals surface area contributed by atoms with Crippen LogP contribution in [0.1, 0.15) is 25.8 Å². The zero-order valence-corrected chi connectivity index (χ0v) is 12.5. The maximum atomic E-state index is 13.1. The van der Waals surface area contributed by atoms with Gasteiger partial charge in [0.25, 0.3) is 0 Å². The maximum Gasteiger partial charge on any atom is 0.406 e. The minimum absolute atomic E-state index is 0.0462. The van der Waals surface area contributed by atoms with Crippen LogP contribution >= 0.6 is 11.6 Å². The second kappa shape index (κ2) is 5.81. The molecule has 0 amide bonds. The number of hydrogen-bond acceptors (Lipinski definition) is 2. The van der Waals surface area contributed by atoms with Gasteiger partial charge in [-0.3, -0.25) is 10.3 Å². The molecular formula is C15H16ClF3N2. The van der Waals surface area contributed by atoms with Crippen LogP contribution in [-0.4, -0.2) is 16.7 Å². The van der Waals surface area contributed by atoms with Gasteiger partial charge in [-0.2, -0.15) is 13.2 Å². The molecule has 0 fully saturated rings. The van der Waals surface area contributed by atoms with Crippen LogP contribution in [0.5, 0.6) is 0 Å². The average Bonchev–Trinajstić information content (AvgIpc) is 2.45. The monoisotopic (exact) mass is 316 g/mol. The smallest absolute Gasteiger partial charge is 0.300 e. The van der Waals surface area contributed by atoms with Crippen LogP contribution in [0.25, 0.3) is 10.9 Å². The summed E-state index contributed by atoms with van der Waals surface area (Å²) in [5.74, 6) is 0. The van der Waals surface area contributed by atoms with Gasteiger partial charge in [-0.25, -0.2) is 0 Å². The van der Waals surface area contributed by atoms with E-state index in [4.69, 9.17) is 11.6 Å². The van der Waals surface area contributed by atoms with Gasteiger partial charge in [-0.15, -0.1) is 0 Å². The molecule has 0 bridgehead atoms. The second-order valence-electron chi connectivity index (χ2n) is 5.14. The van der Waals surface area contributed by atoms with Gasteiger partial charge in [0.2, 0.25) is 0 Å². The predicted molar refractivity (Wildman–Crippen MR) is 78.3 cm³/mol. The summed E-state index contributed by atoms with van der Waals surface area (Å²) in [6.45, 7) is 2.76. The molecule has 1 atom stereocenters. The highest BCUT2D eigenvalue weighted by atomic mass is 35.5. The van der Waals surface area contributed by atoms with E-state index in [1.807, 2.05) is 0 Å². The Kier molecular flexibility index (Phi) is 4.44. The topological polar surface area (TPSA) is 24.9 Å². The number of hydrogen-bond donors (Lipinski definition) is 1. The maximum absolute atomic E-state index is 13.1. The Morgan fingerprint density at radius 3 is 2.57 bits per heavy atom. The van der Waals surface area contributed by atoms with Crippen molar-refractivity contribution in [2.24, 2.45) is 0 Å². The molecule has 1 aromatic carbocycles. The van der Waals surface area contributed by atoms with E-state index in [1.165, 1.54) is 13.8 Å². The number of fused-ring (bicyclic) bond motifs is 1. The number of nitrogens with one attached hydrogen (secondary N) is 1. The first-order chi connectivity index (χ1) is 9.78. The summed E-state index contributed by atoms with van der Waals surface area (Å²) in [6.07, 6.45) is -2.75. The van der Waals surface area contributed by atoms with Crippen molar-refractivity contribution >= 4 is 22.5 Å². The minimum atomic E-state index is -4.31. The molecule has 0 aliphatic rings. The fourth-order valence-electron chi connectivity index (χ4n) is 2.06. The standard InChI is InChI=1S/C15H16ClF3N2/c1-3-14(2,15(17,18)19)21-9-10-6-7-12(16)11-5-4-8-20-13(10)11/h4-8,21H,3,9H2,1-2H3/t14-/m0/s1. The highest BCUT2D eigenvalue weighted by Gasteiger charge is 2.49. The van der Waals surface area contributed by atoms with Crippen molar-refractivity contribution in [3.05, 3.63) is 41.0 Å². The Morgan fingerprint density at radius 2 is 1.95 bits per heavy atom. The molecule has 1 aromatic heterocycles. The van der Waals surface area contributed by atoms with Crippen LogP contribution in [0.4, 0.5) is 13.2 Å². The fourth-order valence-corrected chi connectivity index (χ4v) is 2.27. The molecule has 21 heavy (non-hydrogen) atoms. The number of pyridine rings is 1. The lowest BCUT2D eigenvalue weighted by Gasteiger charge is -2.32. The number of benzene rings is 1. The number of aromatic nitrogens is 1. The van der Waals surface area contributed by atoms with Gasteiger partial charge in [0.15, 0.2) is 0 Å². The summed E-state index contributed by atoms with van der Waals surface area (Å²) in [7, 11) is 0. The minimum Gasteiger partial charge on any atom is -0.300 e. The summed E-state index contributed by atoms with van der Waals surface area (Å²) in [6, 6.07) is 6.94. The third-order valence-corrected chi connectivity index (χ3v) is 4.13. The van der Waals surface area contributed by atoms with Crippen molar-refractivity contribution < 1.29 is 13.2 Å². The Balaban J connectivity index is 2.31. The Bertz CT molecular complexity index is 642. The summed E-state index contributed by atoms with van der Waals surface area (Å²) in [4.78, 5) is 4.22. The highest BCUT2D eigenvalue weighted by Crippen LogP contribution is 2.33. The summed E-state index contributed by atoms with van der Waals surface area (Å²) in [5, 5.41) is 3.88. The van der Waals surface area contributed by atoms with Gasteiger partial charge in [-0.1, -0.05) is 24.6 Å². The number of halogens is 4. The zero-order chi connectivity index (χ0) is 15.7. The lowest BCUT2D eigenvalue weighted by molar-refractivity contribution is -0.192. The van der Waals surface area contributed by atoms with E-state index in [1.54, 1.807) is 30.5 Å². The summed E-state index contributed by atoms with van der Waals surface area (Å²) >= 11 is 6.08. The Morgan fingerprint density at radius 1 is 1.24 bits per heavy atom. The number of alkyl halides is 3. The average molecular weight is 317 g/mol. The van der Waals surface area contributed by atoms with Crippen LogP contribution in [0.15, 0.2) is 30.5 Å². The first kappa shape index (κ1) is 16.0. The molecule has 0 unspecified atom stereocenters. The highest BCUT2D eigenvalue weighted by molar-refractivity contribution is 6.35. The molecular weight excluding hydrogens is 301 g/mol. The van der Waals surface area contributed by atoms with Crippen LogP contribution in [0, 0.1) is 0 Å². The van der Waals surface area contributed by atoms with E-state index in [9.17, 15) is 13.2 Å². The molecule has 114 valence electrons. The van der Waals surface area contributed by atoms with Gasteiger partial charge < -0.3 is 0 Å². The Labute approximate surface area is 126 Å². The van der Waals surface area contributed by atoms with E-state index < -0.39 is 11.7 Å². The van der Waals surface area contributed by atoms with Crippen molar-refractivity contribution in [3.8, 4) is 0 Å². The van der Waals surface area contributed by atoms with Crippen LogP contribution in [-0.2, 0) is 6.54 Å². The summed E-state index contributed by atoms with van der Waals surface area (Å²) in [5.41, 5.74) is -0.606. The van der Waals surface area contributed by atoms with Crippen molar-refractivity contribution in [2.45, 2.75) is 38.5 Å². The lowest BCUT2D eigenvalue weighted by atomic mass is 9.97. The predicted octanol–water partition coefficient (Wildman–Crippen LogP) is 4.71. The van der Waals surface area contributed by atoms with Crippen molar-refractivity contribution in [3.63, 3.8) is 0 Å². The molecule has 0 saturated carbocycles. The largest absolute Gasteiger partial charge is 0.406 e. The first-order valence-corrected chi connectivity index (χ1v) is 7.00. The van der Waals surface area contributed by atoms with Gasteiger partial charge in [0, 0.05) is 23.2 Å². The van der Waals surface area contributed by atoms with Gasteiger partial charge >= 0.3 is 6.18 Å². The Hall–Kier alpha value is -1.33. The lowest BCUT2D eigenvalue weighted by Crippen LogP contribution is -2.53. The third-order valence-electron chi connectivity index (χ3n) is 3.80. The van der Waals surface area contributed by atoms with E-state index in [-0.39, 0.29) is 13.0 Å². The molecule has 0 aliphatic heterocycles. The molecule has 1 heterocycles. The van der Waals surface area contributed by atoms with E-state index in [0.29, 0.717) is 16.1 Å². The van der Waals surface area contributed by atoms with Crippen LogP contribution < -0.4 is 5.32 Å². The molecule has 1 N–H and O–H groups in total. The van der Waals surface area contributed by atoms with Crippen molar-refractivity contribution in [1.82, 2.24) is 10.3 Å². The molecule has 2 rings (SSSR count). The molecule has 0 radical (unpaired) electrons. The molecule has 6 heteroatoms. The molecule has 0 spiro atoms. The van der Waals surface area contributed by atoms with Gasteiger partial charge in [0.05, 0.1) is 5.52 Å². The molecule has 0 aliphatic carbocycles. The number of nitrogens with zero attached hydrogens (tertiary/aromatic N) is 1. The van der Waals surface area contributed by atoms with Crippen molar-refractivity contribution in [2.75, 3.05) is 0 Å². The van der Waals surface area contributed by atoms with E-state index in [2.05, 4.69) is 10.3 Å². The van der Waals surface area contributed by atoms with Gasteiger partial charge in [-0.05, 0) is 37.1 Å². The van der Waals surface area contributed by atoms with Gasteiger partial charge in [0.1, 0.15) is 5.54 Å². The zero-order valence-electron chi connectivity index (χ0n) is 11.8. The molecule has 0 saturated heterocycles.